The smallest absolute Gasteiger partial charge is 0.252 e. The van der Waals surface area contributed by atoms with Crippen molar-refractivity contribution in [3.8, 4) is 11.1 Å². The van der Waals surface area contributed by atoms with Crippen molar-refractivity contribution in [3.05, 3.63) is 148 Å². The molecule has 0 radical (unpaired) electrons. The van der Waals surface area contributed by atoms with Crippen molar-refractivity contribution in [2.24, 2.45) is 0 Å². The van der Waals surface area contributed by atoms with Crippen LogP contribution in [0.2, 0.25) is 0 Å². The Morgan fingerprint density at radius 3 is 1.75 bits per heavy atom. The van der Waals surface area contributed by atoms with Crippen LogP contribution in [0.4, 0.5) is 34.1 Å². The highest BCUT2D eigenvalue weighted by Gasteiger charge is 2.47. The number of anilines is 6. The van der Waals surface area contributed by atoms with Crippen LogP contribution >= 0.6 is 0 Å². The van der Waals surface area contributed by atoms with Gasteiger partial charge >= 0.3 is 0 Å². The molecule has 0 spiro atoms. The third kappa shape index (κ3) is 5.88. The minimum absolute atomic E-state index is 0.00364. The molecule has 304 valence electrons. The maximum Gasteiger partial charge on any atom is 0.252 e. The Kier molecular flexibility index (Phi) is 7.88. The summed E-state index contributed by atoms with van der Waals surface area (Å²) >= 11 is 0. The van der Waals surface area contributed by atoms with E-state index in [4.69, 9.17) is 4.11 Å². The van der Waals surface area contributed by atoms with Crippen LogP contribution in [-0.2, 0) is 21.7 Å². The maximum absolute atomic E-state index is 9.06. The lowest BCUT2D eigenvalue weighted by atomic mass is 9.33. The van der Waals surface area contributed by atoms with E-state index in [1.54, 1.807) is 0 Å². The second-order valence-electron chi connectivity index (χ2n) is 21.6. The first kappa shape index (κ1) is 35.7. The summed E-state index contributed by atoms with van der Waals surface area (Å²) in [5.74, 6) is 0.379. The van der Waals surface area contributed by atoms with Crippen LogP contribution in [-0.4, -0.2) is 6.71 Å². The highest BCUT2D eigenvalue weighted by Crippen LogP contribution is 2.53. The third-order valence-corrected chi connectivity index (χ3v) is 15.4. The molecule has 2 heterocycles. The third-order valence-electron chi connectivity index (χ3n) is 15.4. The van der Waals surface area contributed by atoms with Gasteiger partial charge in [0.1, 0.15) is 0 Å². The summed E-state index contributed by atoms with van der Waals surface area (Å²) in [4.78, 5) is 4.87. The number of hydrogen-bond acceptors (Lipinski definition) is 2. The number of rotatable bonds is 4. The first-order valence-electron chi connectivity index (χ1n) is 24.0. The van der Waals surface area contributed by atoms with Crippen LogP contribution in [0.3, 0.4) is 0 Å². The molecule has 0 amide bonds. The van der Waals surface area contributed by atoms with Crippen molar-refractivity contribution in [3.63, 3.8) is 0 Å². The SMILES string of the molecule is [2H]C([2H])([2H])c1cc2c3c(c1)N(c1ccc(C(C)C)cc1C)c1cc(-c4ccccc4)ccc1B3c1cc3c(cc1N2c1ccc2c(c1)C(C)(C)CCC2(C)C)C(C)(C)CCC3(C)C. The first-order chi connectivity index (χ1) is 29.6. The average Bonchev–Trinajstić information content (AvgIpc) is 3.23. The number of nitrogens with zero attached hydrogens (tertiary/aromatic N) is 2. The Morgan fingerprint density at radius 2 is 1.12 bits per heavy atom. The molecule has 0 saturated heterocycles. The van der Waals surface area contributed by atoms with E-state index in [0.717, 1.165) is 82.0 Å². The molecular weight excluding hydrogens is 723 g/mol. The summed E-state index contributed by atoms with van der Waals surface area (Å²) < 4.78 is 27.2. The Hall–Kier alpha value is -5.02. The molecule has 2 aliphatic carbocycles. The molecule has 6 aromatic rings. The Labute approximate surface area is 365 Å². The molecule has 4 aliphatic rings. The summed E-state index contributed by atoms with van der Waals surface area (Å²) in [5, 5.41) is 0. The molecule has 0 aromatic heterocycles. The van der Waals surface area contributed by atoms with Gasteiger partial charge in [-0.2, -0.15) is 0 Å². The van der Waals surface area contributed by atoms with Crippen molar-refractivity contribution >= 4 is 57.2 Å². The van der Waals surface area contributed by atoms with Gasteiger partial charge in [0.2, 0.25) is 0 Å². The van der Waals surface area contributed by atoms with Gasteiger partial charge in [0, 0.05) is 38.2 Å². The van der Waals surface area contributed by atoms with Crippen molar-refractivity contribution < 1.29 is 4.11 Å². The zero-order valence-electron chi connectivity index (χ0n) is 40.8. The Morgan fingerprint density at radius 1 is 0.517 bits per heavy atom. The van der Waals surface area contributed by atoms with Crippen molar-refractivity contribution in [2.45, 2.75) is 136 Å². The minimum Gasteiger partial charge on any atom is -0.311 e. The van der Waals surface area contributed by atoms with Crippen LogP contribution in [0.25, 0.3) is 11.1 Å². The number of benzene rings is 6. The fourth-order valence-electron chi connectivity index (χ4n) is 11.4. The average molecular weight is 790 g/mol. The highest BCUT2D eigenvalue weighted by molar-refractivity contribution is 7.00. The van der Waals surface area contributed by atoms with Gasteiger partial charge in [-0.3, -0.25) is 0 Å². The van der Waals surface area contributed by atoms with Gasteiger partial charge in [-0.05, 0) is 176 Å². The molecule has 6 aromatic carbocycles. The predicted molar refractivity (Wildman–Crippen MR) is 260 cm³/mol. The predicted octanol–water partition coefficient (Wildman–Crippen LogP) is 13.9. The summed E-state index contributed by atoms with van der Waals surface area (Å²) in [6, 6.07) is 40.8. The number of fused-ring (bicyclic) bond motifs is 6. The minimum atomic E-state index is -2.34. The molecular formula is C57H63BN2. The van der Waals surface area contributed by atoms with Gasteiger partial charge in [0.05, 0.1) is 0 Å². The van der Waals surface area contributed by atoms with E-state index >= 15 is 0 Å². The monoisotopic (exact) mass is 790 g/mol. The van der Waals surface area contributed by atoms with E-state index < -0.39 is 6.85 Å². The molecule has 60 heavy (non-hydrogen) atoms. The van der Waals surface area contributed by atoms with E-state index in [1.807, 2.05) is 12.1 Å². The number of aryl methyl sites for hydroxylation is 2. The number of hydrogen-bond donors (Lipinski definition) is 0. The van der Waals surface area contributed by atoms with Crippen LogP contribution in [0.5, 0.6) is 0 Å². The van der Waals surface area contributed by atoms with Crippen LogP contribution < -0.4 is 26.2 Å². The van der Waals surface area contributed by atoms with E-state index in [2.05, 4.69) is 183 Å². The molecule has 0 bridgehead atoms. The molecule has 0 unspecified atom stereocenters. The van der Waals surface area contributed by atoms with Gasteiger partial charge in [-0.1, -0.05) is 136 Å². The second-order valence-corrected chi connectivity index (χ2v) is 21.6. The largest absolute Gasteiger partial charge is 0.311 e. The zero-order valence-corrected chi connectivity index (χ0v) is 37.8. The first-order valence-corrected chi connectivity index (χ1v) is 22.5. The summed E-state index contributed by atoms with van der Waals surface area (Å²) in [5.41, 5.74) is 20.7. The Bertz CT molecular complexity index is 2850. The second kappa shape index (κ2) is 13.2. The molecule has 10 rings (SSSR count). The fourth-order valence-corrected chi connectivity index (χ4v) is 11.4. The lowest BCUT2D eigenvalue weighted by Gasteiger charge is -2.48. The molecule has 0 saturated carbocycles. The molecule has 3 heteroatoms. The van der Waals surface area contributed by atoms with Gasteiger partial charge in [-0.25, -0.2) is 0 Å². The lowest BCUT2D eigenvalue weighted by molar-refractivity contribution is 0.332. The van der Waals surface area contributed by atoms with Gasteiger partial charge in [-0.15, -0.1) is 0 Å². The van der Waals surface area contributed by atoms with Gasteiger partial charge in [0.25, 0.3) is 6.71 Å². The summed E-state index contributed by atoms with van der Waals surface area (Å²) in [7, 11) is 0. The maximum atomic E-state index is 9.06. The standard InChI is InChI=1S/C57H63BN2/c1-35(2)39-19-23-48(37(4)30-39)60-49-31-40(38-16-14-13-15-17-38)18-22-46(49)58-47-33-44-45(57(11,12)27-26-56(44,9)10)34-50(47)59(51-28-36(3)29-52(60)53(51)58)41-20-21-42-43(32-41)55(7,8)25-24-54(42,5)6/h13-23,28-35H,24-27H2,1-12H3/i3D3. The Balaban J connectivity index is 1.35. The highest BCUT2D eigenvalue weighted by atomic mass is 15.2. The van der Waals surface area contributed by atoms with Crippen molar-refractivity contribution in [1.29, 1.82) is 0 Å². The topological polar surface area (TPSA) is 6.48 Å². The van der Waals surface area contributed by atoms with E-state index in [1.165, 1.54) is 38.7 Å². The van der Waals surface area contributed by atoms with Gasteiger partial charge in [0.15, 0.2) is 0 Å². The normalized spacial score (nSPS) is 19.6. The van der Waals surface area contributed by atoms with Crippen LogP contribution in [0.15, 0.2) is 109 Å². The van der Waals surface area contributed by atoms with Crippen molar-refractivity contribution in [2.75, 3.05) is 9.80 Å². The lowest BCUT2D eigenvalue weighted by Crippen LogP contribution is -2.62. The van der Waals surface area contributed by atoms with E-state index in [0.29, 0.717) is 11.5 Å². The molecule has 2 aliphatic heterocycles. The van der Waals surface area contributed by atoms with E-state index in [9.17, 15) is 0 Å². The molecule has 0 atom stereocenters. The fraction of sp³-hybridized carbons (Fsp3) is 0.368. The zero-order chi connectivity index (χ0) is 44.8. The molecule has 0 fully saturated rings. The molecule has 2 nitrogen and oxygen atoms in total. The van der Waals surface area contributed by atoms with Crippen LogP contribution in [0.1, 0.15) is 144 Å². The van der Waals surface area contributed by atoms with Crippen molar-refractivity contribution in [1.82, 2.24) is 0 Å². The van der Waals surface area contributed by atoms with Gasteiger partial charge < -0.3 is 9.80 Å². The van der Waals surface area contributed by atoms with E-state index in [-0.39, 0.29) is 28.4 Å². The summed E-state index contributed by atoms with van der Waals surface area (Å²) in [6.07, 6.45) is 4.48. The quantitative estimate of drug-likeness (QED) is 0.164. The molecule has 0 N–H and O–H groups in total. The summed E-state index contributed by atoms with van der Waals surface area (Å²) in [6.45, 7) is 23.5. The van der Waals surface area contributed by atoms with Crippen LogP contribution in [0, 0.1) is 13.8 Å².